The molecule has 2 heterocycles. The Morgan fingerprint density at radius 1 is 1.33 bits per heavy atom. The van der Waals surface area contributed by atoms with E-state index >= 15 is 0 Å². The molecule has 24 heavy (non-hydrogen) atoms. The second-order valence-corrected chi connectivity index (χ2v) is 5.69. The molecule has 130 valence electrons. The molecule has 1 aliphatic heterocycles. The Bertz CT molecular complexity index is 648. The topological polar surface area (TPSA) is 68.5 Å². The minimum absolute atomic E-state index is 0. The van der Waals surface area contributed by atoms with E-state index in [2.05, 4.69) is 15.1 Å². The number of halogens is 1. The van der Waals surface area contributed by atoms with Crippen LogP contribution in [0.3, 0.4) is 0 Å². The van der Waals surface area contributed by atoms with E-state index < -0.39 is 0 Å². The largest absolute Gasteiger partial charge is 0.466 e. The Morgan fingerprint density at radius 2 is 2.12 bits per heavy atom. The predicted molar refractivity (Wildman–Crippen MR) is 91.6 cm³/mol. The first-order chi connectivity index (χ1) is 11.3. The standard InChI is InChI=1S/C17H21N3O3.ClH/c1-2-22-17(21)14-9-6-10-20(11-14)12-15-18-19-16(23-15)13-7-4-3-5-8-13;/h3-5,7-8,14H,2,6,9-12H2,1H3;1H. The molecule has 1 unspecified atom stereocenters. The highest BCUT2D eigenvalue weighted by Crippen LogP contribution is 2.21. The van der Waals surface area contributed by atoms with Crippen molar-refractivity contribution in [2.24, 2.45) is 5.92 Å². The first-order valence-corrected chi connectivity index (χ1v) is 8.03. The summed E-state index contributed by atoms with van der Waals surface area (Å²) >= 11 is 0. The van der Waals surface area contributed by atoms with E-state index in [1.807, 2.05) is 37.3 Å². The number of hydrogen-bond donors (Lipinski definition) is 0. The van der Waals surface area contributed by atoms with Crippen LogP contribution in [-0.4, -0.2) is 40.8 Å². The fourth-order valence-electron chi connectivity index (χ4n) is 2.86. The molecule has 0 saturated carbocycles. The zero-order chi connectivity index (χ0) is 16.1. The summed E-state index contributed by atoms with van der Waals surface area (Å²) in [6, 6.07) is 9.70. The summed E-state index contributed by atoms with van der Waals surface area (Å²) in [5.41, 5.74) is 0.911. The summed E-state index contributed by atoms with van der Waals surface area (Å²) in [5, 5.41) is 8.22. The fourth-order valence-corrected chi connectivity index (χ4v) is 2.86. The molecule has 1 aromatic carbocycles. The molecule has 0 bridgehead atoms. The SMILES string of the molecule is CCOC(=O)C1CCCN(Cc2nnc(-c3ccccc3)o2)C1.Cl. The van der Waals surface area contributed by atoms with Crippen molar-refractivity contribution < 1.29 is 13.9 Å². The van der Waals surface area contributed by atoms with Crippen LogP contribution in [0.4, 0.5) is 0 Å². The molecule has 3 rings (SSSR count). The molecule has 0 amide bonds. The number of hydrogen-bond acceptors (Lipinski definition) is 6. The second kappa shape index (κ2) is 8.80. The van der Waals surface area contributed by atoms with Gasteiger partial charge < -0.3 is 9.15 Å². The van der Waals surface area contributed by atoms with Gasteiger partial charge in [-0.2, -0.15) is 0 Å². The number of aromatic nitrogens is 2. The lowest BCUT2D eigenvalue weighted by molar-refractivity contribution is -0.150. The third kappa shape index (κ3) is 4.55. The average molecular weight is 352 g/mol. The van der Waals surface area contributed by atoms with Gasteiger partial charge in [0.25, 0.3) is 0 Å². The Labute approximate surface area is 147 Å². The van der Waals surface area contributed by atoms with E-state index in [9.17, 15) is 4.79 Å². The Kier molecular flexibility index (Phi) is 6.75. The molecule has 1 aromatic heterocycles. The Morgan fingerprint density at radius 3 is 2.88 bits per heavy atom. The number of benzene rings is 1. The lowest BCUT2D eigenvalue weighted by Gasteiger charge is -2.30. The van der Waals surface area contributed by atoms with Crippen molar-refractivity contribution in [2.75, 3.05) is 19.7 Å². The molecule has 0 radical (unpaired) electrons. The molecular formula is C17H22ClN3O3. The van der Waals surface area contributed by atoms with Crippen LogP contribution in [0.15, 0.2) is 34.7 Å². The molecule has 1 atom stereocenters. The number of ether oxygens (including phenoxy) is 1. The quantitative estimate of drug-likeness (QED) is 0.771. The van der Waals surface area contributed by atoms with E-state index in [0.717, 1.165) is 24.9 Å². The second-order valence-electron chi connectivity index (χ2n) is 5.69. The van der Waals surface area contributed by atoms with E-state index in [0.29, 0.717) is 31.5 Å². The van der Waals surface area contributed by atoms with Gasteiger partial charge in [-0.25, -0.2) is 0 Å². The maximum Gasteiger partial charge on any atom is 0.310 e. The third-order valence-electron chi connectivity index (χ3n) is 3.97. The number of rotatable bonds is 5. The van der Waals surface area contributed by atoms with Crippen LogP contribution in [0.2, 0.25) is 0 Å². The van der Waals surface area contributed by atoms with Gasteiger partial charge in [0.2, 0.25) is 11.8 Å². The highest BCUT2D eigenvalue weighted by molar-refractivity contribution is 5.85. The van der Waals surface area contributed by atoms with Crippen molar-refractivity contribution in [1.29, 1.82) is 0 Å². The molecular weight excluding hydrogens is 330 g/mol. The summed E-state index contributed by atoms with van der Waals surface area (Å²) in [5.74, 6) is 0.945. The van der Waals surface area contributed by atoms with Gasteiger partial charge in [0.05, 0.1) is 19.1 Å². The van der Waals surface area contributed by atoms with Gasteiger partial charge in [0, 0.05) is 12.1 Å². The van der Waals surface area contributed by atoms with Crippen LogP contribution in [0.25, 0.3) is 11.5 Å². The first-order valence-electron chi connectivity index (χ1n) is 8.03. The minimum Gasteiger partial charge on any atom is -0.466 e. The van der Waals surface area contributed by atoms with Crippen LogP contribution in [0, 0.1) is 5.92 Å². The van der Waals surface area contributed by atoms with Crippen molar-refractivity contribution in [3.8, 4) is 11.5 Å². The molecule has 1 aliphatic rings. The smallest absolute Gasteiger partial charge is 0.310 e. The van der Waals surface area contributed by atoms with E-state index in [1.165, 1.54) is 0 Å². The number of likely N-dealkylation sites (tertiary alicyclic amines) is 1. The van der Waals surface area contributed by atoms with E-state index in [1.54, 1.807) is 0 Å². The van der Waals surface area contributed by atoms with Crippen molar-refractivity contribution in [1.82, 2.24) is 15.1 Å². The molecule has 0 aliphatic carbocycles. The molecule has 0 N–H and O–H groups in total. The zero-order valence-corrected chi connectivity index (χ0v) is 14.5. The summed E-state index contributed by atoms with van der Waals surface area (Å²) < 4.78 is 10.9. The normalized spacial score (nSPS) is 18.0. The molecule has 0 spiro atoms. The summed E-state index contributed by atoms with van der Waals surface area (Å²) in [4.78, 5) is 14.1. The van der Waals surface area contributed by atoms with Crippen molar-refractivity contribution in [3.63, 3.8) is 0 Å². The third-order valence-corrected chi connectivity index (χ3v) is 3.97. The fraction of sp³-hybridized carbons (Fsp3) is 0.471. The van der Waals surface area contributed by atoms with E-state index in [4.69, 9.17) is 9.15 Å². The number of nitrogens with zero attached hydrogens (tertiary/aromatic N) is 3. The maximum absolute atomic E-state index is 11.9. The van der Waals surface area contributed by atoms with Gasteiger partial charge in [-0.05, 0) is 38.4 Å². The van der Waals surface area contributed by atoms with Crippen LogP contribution in [0.1, 0.15) is 25.7 Å². The van der Waals surface area contributed by atoms with Crippen LogP contribution < -0.4 is 0 Å². The van der Waals surface area contributed by atoms with Crippen LogP contribution >= 0.6 is 12.4 Å². The number of esters is 1. The van der Waals surface area contributed by atoms with E-state index in [-0.39, 0.29) is 24.3 Å². The molecule has 1 saturated heterocycles. The van der Waals surface area contributed by atoms with Gasteiger partial charge in [-0.3, -0.25) is 9.69 Å². The Hall–Kier alpha value is -1.92. The summed E-state index contributed by atoms with van der Waals surface area (Å²) in [7, 11) is 0. The van der Waals surface area contributed by atoms with Crippen LogP contribution in [0.5, 0.6) is 0 Å². The maximum atomic E-state index is 11.9. The first kappa shape index (κ1) is 18.4. The predicted octanol–water partition coefficient (Wildman–Crippen LogP) is 2.93. The van der Waals surface area contributed by atoms with Gasteiger partial charge in [-0.15, -0.1) is 22.6 Å². The van der Waals surface area contributed by atoms with Gasteiger partial charge >= 0.3 is 5.97 Å². The van der Waals surface area contributed by atoms with Crippen molar-refractivity contribution >= 4 is 18.4 Å². The van der Waals surface area contributed by atoms with Crippen LogP contribution in [-0.2, 0) is 16.1 Å². The minimum atomic E-state index is -0.104. The summed E-state index contributed by atoms with van der Waals surface area (Å²) in [6.07, 6.45) is 1.86. The Balaban J connectivity index is 0.00000208. The molecule has 2 aromatic rings. The van der Waals surface area contributed by atoms with Crippen molar-refractivity contribution in [2.45, 2.75) is 26.3 Å². The monoisotopic (exact) mass is 351 g/mol. The molecule has 6 nitrogen and oxygen atoms in total. The lowest BCUT2D eigenvalue weighted by atomic mass is 9.98. The number of piperidine rings is 1. The molecule has 1 fully saturated rings. The molecule has 7 heteroatoms. The summed E-state index contributed by atoms with van der Waals surface area (Å²) in [6.45, 7) is 4.44. The van der Waals surface area contributed by atoms with Gasteiger partial charge in [0.1, 0.15) is 0 Å². The average Bonchev–Trinajstić information content (AvgIpc) is 3.05. The number of carbonyl (C=O) groups excluding carboxylic acids is 1. The zero-order valence-electron chi connectivity index (χ0n) is 13.7. The lowest BCUT2D eigenvalue weighted by Crippen LogP contribution is -2.39. The highest BCUT2D eigenvalue weighted by Gasteiger charge is 2.27. The van der Waals surface area contributed by atoms with Crippen molar-refractivity contribution in [3.05, 3.63) is 36.2 Å². The number of carbonyl (C=O) groups is 1. The highest BCUT2D eigenvalue weighted by atomic mass is 35.5. The van der Waals surface area contributed by atoms with Gasteiger partial charge in [0.15, 0.2) is 0 Å². The van der Waals surface area contributed by atoms with Gasteiger partial charge in [-0.1, -0.05) is 18.2 Å².